The van der Waals surface area contributed by atoms with E-state index in [1.807, 2.05) is 44.2 Å². The van der Waals surface area contributed by atoms with Crippen LogP contribution in [0.3, 0.4) is 0 Å². The molecule has 0 radical (unpaired) electrons. The fourth-order valence-electron chi connectivity index (χ4n) is 2.01. The summed E-state index contributed by atoms with van der Waals surface area (Å²) in [6.07, 6.45) is 0. The summed E-state index contributed by atoms with van der Waals surface area (Å²) in [6.45, 7) is 3.89. The van der Waals surface area contributed by atoms with Gasteiger partial charge in [0.15, 0.2) is 5.52 Å². The molecule has 106 valence electrons. The smallest absolute Gasteiger partial charge is 1.00 e. The second-order valence-electron chi connectivity index (χ2n) is 4.57. The molecule has 1 atom stereocenters. The first-order valence-electron chi connectivity index (χ1n) is 6.24. The summed E-state index contributed by atoms with van der Waals surface area (Å²) in [5, 5.41) is 1.55. The third-order valence-corrected chi connectivity index (χ3v) is 4.75. The predicted octanol–water partition coefficient (Wildman–Crippen LogP) is 1.23. The number of ether oxygens (including phenoxy) is 1. The number of aryl methyl sites for hydroxylation is 2. The maximum atomic E-state index is 12.5. The van der Waals surface area contributed by atoms with Gasteiger partial charge in [-0.2, -0.15) is 0 Å². The summed E-state index contributed by atoms with van der Waals surface area (Å²) in [4.78, 5) is 12.5. The maximum Gasteiger partial charge on any atom is 1.00 e. The van der Waals surface area contributed by atoms with Gasteiger partial charge in [-0.25, -0.2) is 0 Å². The van der Waals surface area contributed by atoms with E-state index in [1.54, 1.807) is 13.2 Å². The number of carbonyl (C=O) groups excluding carboxylic acids is 1. The number of benzene rings is 2. The van der Waals surface area contributed by atoms with Crippen LogP contribution in [-0.4, -0.2) is 12.6 Å². The van der Waals surface area contributed by atoms with Gasteiger partial charge in [0.05, 0.1) is 12.1 Å². The van der Waals surface area contributed by atoms with Gasteiger partial charge in [-0.05, 0) is 57.1 Å². The van der Waals surface area contributed by atoms with Crippen molar-refractivity contribution in [2.75, 3.05) is 7.11 Å². The molecule has 0 N–H and O–H groups in total. The van der Waals surface area contributed by atoms with Crippen LogP contribution in [0.5, 0.6) is 5.75 Å². The summed E-state index contributed by atoms with van der Waals surface area (Å²) in [5.41, 5.74) is 2.67. The number of rotatable bonds is 4. The summed E-state index contributed by atoms with van der Waals surface area (Å²) in [6, 6.07) is 11.3. The Balaban J connectivity index is 0.00000220. The minimum atomic E-state index is 0. The van der Waals surface area contributed by atoms with Crippen LogP contribution in [-0.2, 0) is 0 Å². The number of methoxy groups -OCH3 is 1. The Morgan fingerprint density at radius 1 is 1.19 bits per heavy atom. The van der Waals surface area contributed by atoms with E-state index in [1.165, 1.54) is 0 Å². The average Bonchev–Trinajstić information content (AvgIpc) is 2.41. The molecule has 0 heterocycles. The molecule has 2 rings (SSSR count). The van der Waals surface area contributed by atoms with Crippen LogP contribution in [0.1, 0.15) is 22.9 Å². The SMILES string of the molecule is COc1ccc(PC(=O)c2c(C)cccc2Cl)c(C)c1.[H-].[Li+]. The summed E-state index contributed by atoms with van der Waals surface area (Å²) in [5.74, 6) is 0.803. The van der Waals surface area contributed by atoms with Crippen LogP contribution in [0, 0.1) is 13.8 Å². The van der Waals surface area contributed by atoms with E-state index in [0.717, 1.165) is 22.2 Å². The number of hydrogen-bond donors (Lipinski definition) is 0. The van der Waals surface area contributed by atoms with Crippen LogP contribution in [0.15, 0.2) is 36.4 Å². The Morgan fingerprint density at radius 2 is 1.90 bits per heavy atom. The van der Waals surface area contributed by atoms with Crippen molar-refractivity contribution in [3.63, 3.8) is 0 Å². The van der Waals surface area contributed by atoms with Crippen LogP contribution >= 0.6 is 20.2 Å². The van der Waals surface area contributed by atoms with E-state index >= 15 is 0 Å². The van der Waals surface area contributed by atoms with Crippen LogP contribution in [0.2, 0.25) is 5.02 Å². The van der Waals surface area contributed by atoms with Gasteiger partial charge < -0.3 is 6.16 Å². The van der Waals surface area contributed by atoms with Crippen molar-refractivity contribution in [3.8, 4) is 5.75 Å². The largest absolute Gasteiger partial charge is 1.00 e. The first-order valence-corrected chi connectivity index (χ1v) is 7.62. The molecule has 0 aliphatic carbocycles. The van der Waals surface area contributed by atoms with Crippen molar-refractivity contribution in [1.82, 2.24) is 0 Å². The van der Waals surface area contributed by atoms with Crippen molar-refractivity contribution in [3.05, 3.63) is 58.1 Å². The van der Waals surface area contributed by atoms with Gasteiger partial charge in [0.25, 0.3) is 0 Å². The molecule has 1 unspecified atom stereocenters. The summed E-state index contributed by atoms with van der Waals surface area (Å²) < 4.78 is 5.17. The van der Waals surface area contributed by atoms with Gasteiger partial charge in [0, 0.05) is 5.56 Å². The molecule has 2 aromatic rings. The Hall–Kier alpha value is -0.773. The number of halogens is 1. The molecule has 2 aromatic carbocycles. The maximum absolute atomic E-state index is 12.5. The standard InChI is InChI=1S/C16H16ClO2P.Li.H/c1-10-5-4-6-13(17)15(10)16(18)20-14-8-7-12(19-3)9-11(14)2;;/h4-9,20H,1-3H3;;/q;+1;-1. The first kappa shape index (κ1) is 18.3. The molecule has 0 saturated heterocycles. The van der Waals surface area contributed by atoms with Gasteiger partial charge >= 0.3 is 18.9 Å². The van der Waals surface area contributed by atoms with Crippen molar-refractivity contribution < 1.29 is 29.8 Å². The van der Waals surface area contributed by atoms with E-state index in [4.69, 9.17) is 16.3 Å². The Kier molecular flexibility index (Phi) is 6.98. The molecule has 0 amide bonds. The Labute approximate surface area is 145 Å². The summed E-state index contributed by atoms with van der Waals surface area (Å²) >= 11 is 6.14. The van der Waals surface area contributed by atoms with Crippen LogP contribution < -0.4 is 28.9 Å². The van der Waals surface area contributed by atoms with E-state index in [9.17, 15) is 4.79 Å². The molecular formula is C16H17ClLiO2P. The topological polar surface area (TPSA) is 26.3 Å². The van der Waals surface area contributed by atoms with E-state index < -0.39 is 0 Å². The second-order valence-corrected chi connectivity index (χ2v) is 6.22. The number of hydrogen-bond acceptors (Lipinski definition) is 2. The predicted molar refractivity (Wildman–Crippen MR) is 87.3 cm³/mol. The second kappa shape index (κ2) is 8.02. The quantitative estimate of drug-likeness (QED) is 0.627. The molecule has 0 fully saturated rings. The van der Waals surface area contributed by atoms with Crippen molar-refractivity contribution in [1.29, 1.82) is 0 Å². The van der Waals surface area contributed by atoms with Crippen molar-refractivity contribution in [2.45, 2.75) is 13.8 Å². The zero-order valence-corrected chi connectivity index (χ0v) is 14.4. The minimum absolute atomic E-state index is 0. The molecule has 2 nitrogen and oxygen atoms in total. The summed E-state index contributed by atoms with van der Waals surface area (Å²) in [7, 11) is 1.70. The molecule has 0 aromatic heterocycles. The Bertz CT molecular complexity index is 644. The molecular weight excluding hydrogens is 298 g/mol. The molecule has 0 saturated carbocycles. The molecule has 0 aliphatic heterocycles. The normalized spacial score (nSPS) is 10.5. The third-order valence-electron chi connectivity index (χ3n) is 3.13. The van der Waals surface area contributed by atoms with E-state index in [2.05, 4.69) is 0 Å². The van der Waals surface area contributed by atoms with Gasteiger partial charge in [0.2, 0.25) is 0 Å². The third kappa shape index (κ3) is 4.35. The van der Waals surface area contributed by atoms with Crippen LogP contribution in [0.25, 0.3) is 0 Å². The molecule has 21 heavy (non-hydrogen) atoms. The molecule has 0 bridgehead atoms. The van der Waals surface area contributed by atoms with E-state index in [-0.39, 0.29) is 34.4 Å². The minimum Gasteiger partial charge on any atom is -1.00 e. The zero-order valence-electron chi connectivity index (χ0n) is 13.7. The fraction of sp³-hybridized carbons (Fsp3) is 0.188. The molecule has 5 heteroatoms. The van der Waals surface area contributed by atoms with Gasteiger partial charge in [0.1, 0.15) is 5.75 Å². The first-order chi connectivity index (χ1) is 9.52. The van der Waals surface area contributed by atoms with Gasteiger partial charge in [-0.15, -0.1) is 0 Å². The average molecular weight is 315 g/mol. The number of carbonyl (C=O) groups is 1. The molecule has 0 spiro atoms. The Morgan fingerprint density at radius 3 is 2.48 bits per heavy atom. The monoisotopic (exact) mass is 314 g/mol. The van der Waals surface area contributed by atoms with Crippen molar-refractivity contribution >= 4 is 31.0 Å². The zero-order chi connectivity index (χ0) is 14.7. The fourth-order valence-corrected chi connectivity index (χ4v) is 3.53. The van der Waals surface area contributed by atoms with Gasteiger partial charge in [-0.3, -0.25) is 4.79 Å². The van der Waals surface area contributed by atoms with Gasteiger partial charge in [-0.1, -0.05) is 29.8 Å². The van der Waals surface area contributed by atoms with Crippen molar-refractivity contribution in [2.24, 2.45) is 0 Å². The van der Waals surface area contributed by atoms with Crippen LogP contribution in [0.4, 0.5) is 0 Å². The van der Waals surface area contributed by atoms with E-state index in [0.29, 0.717) is 10.6 Å². The molecule has 0 aliphatic rings.